The molecule has 0 aromatic rings. The maximum absolute atomic E-state index is 11.1. The summed E-state index contributed by atoms with van der Waals surface area (Å²) in [5.74, 6) is -1.56. The third kappa shape index (κ3) is 6.74. The average Bonchev–Trinajstić information content (AvgIpc) is 2.55. The topological polar surface area (TPSA) is 91.6 Å². The Bertz CT molecular complexity index is 491. The van der Waals surface area contributed by atoms with Gasteiger partial charge in [-0.25, -0.2) is 0 Å². The predicted molar refractivity (Wildman–Crippen MR) is 86.4 cm³/mol. The number of carboxylic acids is 1. The van der Waals surface area contributed by atoms with Crippen LogP contribution in [0.1, 0.15) is 39.0 Å². The molecule has 0 bridgehead atoms. The van der Waals surface area contributed by atoms with Gasteiger partial charge in [-0.1, -0.05) is 0 Å². The highest BCUT2D eigenvalue weighted by Gasteiger charge is 2.22. The van der Waals surface area contributed by atoms with Gasteiger partial charge in [0.05, 0.1) is 12.7 Å². The van der Waals surface area contributed by atoms with E-state index in [4.69, 9.17) is 19.8 Å². The zero-order valence-corrected chi connectivity index (χ0v) is 13.9. The van der Waals surface area contributed by atoms with Gasteiger partial charge in [-0.2, -0.15) is 5.26 Å². The minimum atomic E-state index is -1.11. The third-order valence-electron chi connectivity index (χ3n) is 3.64. The molecule has 0 amide bonds. The number of allylic oxidation sites excluding steroid dienone is 4. The van der Waals surface area contributed by atoms with E-state index in [2.05, 4.69) is 5.32 Å². The van der Waals surface area contributed by atoms with Crippen LogP contribution in [-0.2, 0) is 14.3 Å². The van der Waals surface area contributed by atoms with Gasteiger partial charge in [0.15, 0.2) is 5.92 Å². The number of nitriles is 1. The Morgan fingerprint density at radius 2 is 2.30 bits per heavy atom. The van der Waals surface area contributed by atoms with Crippen molar-refractivity contribution in [2.75, 3.05) is 26.9 Å². The first kappa shape index (κ1) is 19.0. The Kier molecular flexibility index (Phi) is 8.85. The standard InChI is InChI=1S/C17H26N2O4/c1-3-23-16(11-14(12-18)17(20)21)13-6-4-7-15(10-13)19-8-5-9-22-2/h10,14,19H,3-9,11H2,1-2H3,(H,20,21). The monoisotopic (exact) mass is 322 g/mol. The van der Waals surface area contributed by atoms with Crippen LogP contribution in [0.15, 0.2) is 23.1 Å². The van der Waals surface area contributed by atoms with Gasteiger partial charge < -0.3 is 19.9 Å². The molecule has 23 heavy (non-hydrogen) atoms. The first-order valence-electron chi connectivity index (χ1n) is 8.03. The normalized spacial score (nSPS) is 17.7. The Morgan fingerprint density at radius 1 is 1.52 bits per heavy atom. The first-order chi connectivity index (χ1) is 11.1. The van der Waals surface area contributed by atoms with Gasteiger partial charge in [0, 0.05) is 32.4 Å². The minimum absolute atomic E-state index is 0.114. The van der Waals surface area contributed by atoms with Gasteiger partial charge in [-0.15, -0.1) is 0 Å². The lowest BCUT2D eigenvalue weighted by Gasteiger charge is -2.21. The van der Waals surface area contributed by atoms with Crippen LogP contribution >= 0.6 is 0 Å². The first-order valence-corrected chi connectivity index (χ1v) is 8.03. The Morgan fingerprint density at radius 3 is 2.91 bits per heavy atom. The van der Waals surface area contributed by atoms with Crippen LogP contribution in [0, 0.1) is 17.2 Å². The maximum Gasteiger partial charge on any atom is 0.321 e. The van der Waals surface area contributed by atoms with Crippen LogP contribution in [0.2, 0.25) is 0 Å². The molecule has 0 heterocycles. The summed E-state index contributed by atoms with van der Waals surface area (Å²) in [5.41, 5.74) is 2.12. The largest absolute Gasteiger partial charge is 0.498 e. The highest BCUT2D eigenvalue weighted by Crippen LogP contribution is 2.27. The summed E-state index contributed by atoms with van der Waals surface area (Å²) >= 11 is 0. The molecule has 1 aliphatic carbocycles. The molecular formula is C17H26N2O4. The Labute approximate surface area is 137 Å². The van der Waals surface area contributed by atoms with E-state index in [-0.39, 0.29) is 6.42 Å². The fraction of sp³-hybridized carbons (Fsp3) is 0.647. The Balaban J connectivity index is 2.82. The van der Waals surface area contributed by atoms with E-state index in [0.29, 0.717) is 12.4 Å². The molecule has 0 spiro atoms. The molecule has 6 heteroatoms. The number of aliphatic carboxylic acids is 1. The molecule has 0 saturated carbocycles. The summed E-state index contributed by atoms with van der Waals surface area (Å²) in [4.78, 5) is 11.1. The highest BCUT2D eigenvalue weighted by atomic mass is 16.5. The van der Waals surface area contributed by atoms with Crippen LogP contribution < -0.4 is 5.32 Å². The summed E-state index contributed by atoms with van der Waals surface area (Å²) in [7, 11) is 1.68. The second-order valence-corrected chi connectivity index (χ2v) is 5.40. The van der Waals surface area contributed by atoms with E-state index in [9.17, 15) is 4.79 Å². The zero-order chi connectivity index (χ0) is 17.1. The number of rotatable bonds is 10. The lowest BCUT2D eigenvalue weighted by atomic mass is 9.94. The Hall–Kier alpha value is -2.00. The fourth-order valence-corrected chi connectivity index (χ4v) is 2.48. The molecular weight excluding hydrogens is 296 g/mol. The number of carboxylic acid groups (broad SMARTS) is 1. The molecule has 0 aromatic heterocycles. The van der Waals surface area contributed by atoms with Crippen LogP contribution in [0.5, 0.6) is 0 Å². The number of nitrogens with zero attached hydrogens (tertiary/aromatic N) is 1. The average molecular weight is 322 g/mol. The van der Waals surface area contributed by atoms with Gasteiger partial charge in [0.1, 0.15) is 5.76 Å². The van der Waals surface area contributed by atoms with E-state index in [1.54, 1.807) is 7.11 Å². The number of methoxy groups -OCH3 is 1. The second kappa shape index (κ2) is 10.7. The predicted octanol–water partition coefficient (Wildman–Crippen LogP) is 2.59. The van der Waals surface area contributed by atoms with E-state index < -0.39 is 11.9 Å². The van der Waals surface area contributed by atoms with Crippen molar-refractivity contribution in [1.29, 1.82) is 5.26 Å². The molecule has 1 atom stereocenters. The quantitative estimate of drug-likeness (QED) is 0.474. The van der Waals surface area contributed by atoms with Crippen molar-refractivity contribution >= 4 is 5.97 Å². The molecule has 0 radical (unpaired) electrons. The molecule has 0 aliphatic heterocycles. The lowest BCUT2D eigenvalue weighted by Crippen LogP contribution is -2.19. The summed E-state index contributed by atoms with van der Waals surface area (Å²) in [6.07, 6.45) is 5.88. The summed E-state index contributed by atoms with van der Waals surface area (Å²) in [6, 6.07) is 1.83. The number of carbonyl (C=O) groups is 1. The lowest BCUT2D eigenvalue weighted by molar-refractivity contribution is -0.140. The van der Waals surface area contributed by atoms with Crippen LogP contribution in [0.25, 0.3) is 0 Å². The fourth-order valence-electron chi connectivity index (χ4n) is 2.48. The number of ether oxygens (including phenoxy) is 2. The number of hydrogen-bond donors (Lipinski definition) is 2. The van der Waals surface area contributed by atoms with Crippen molar-refractivity contribution in [3.05, 3.63) is 23.1 Å². The molecule has 0 saturated heterocycles. The van der Waals surface area contributed by atoms with Gasteiger partial charge >= 0.3 is 5.97 Å². The smallest absolute Gasteiger partial charge is 0.321 e. The minimum Gasteiger partial charge on any atom is -0.498 e. The maximum atomic E-state index is 11.1. The molecule has 1 rings (SSSR count). The van der Waals surface area contributed by atoms with Gasteiger partial charge in [-0.05, 0) is 44.3 Å². The van der Waals surface area contributed by atoms with E-state index in [0.717, 1.165) is 50.1 Å². The summed E-state index contributed by atoms with van der Waals surface area (Å²) in [5, 5.41) is 21.4. The second-order valence-electron chi connectivity index (χ2n) is 5.40. The van der Waals surface area contributed by atoms with Crippen LogP contribution in [0.4, 0.5) is 0 Å². The molecule has 0 aromatic carbocycles. The zero-order valence-electron chi connectivity index (χ0n) is 13.9. The van der Waals surface area contributed by atoms with E-state index >= 15 is 0 Å². The summed E-state index contributed by atoms with van der Waals surface area (Å²) in [6.45, 7) is 3.88. The highest BCUT2D eigenvalue weighted by molar-refractivity contribution is 5.73. The molecule has 1 unspecified atom stereocenters. The van der Waals surface area contributed by atoms with Crippen molar-refractivity contribution < 1.29 is 19.4 Å². The van der Waals surface area contributed by atoms with Gasteiger partial charge in [-0.3, -0.25) is 4.79 Å². The van der Waals surface area contributed by atoms with Crippen molar-refractivity contribution in [3.63, 3.8) is 0 Å². The van der Waals surface area contributed by atoms with Crippen molar-refractivity contribution in [2.24, 2.45) is 5.92 Å². The van der Waals surface area contributed by atoms with Gasteiger partial charge in [0.25, 0.3) is 0 Å². The third-order valence-corrected chi connectivity index (χ3v) is 3.64. The summed E-state index contributed by atoms with van der Waals surface area (Å²) < 4.78 is 10.7. The van der Waals surface area contributed by atoms with Gasteiger partial charge in [0.2, 0.25) is 0 Å². The van der Waals surface area contributed by atoms with Crippen LogP contribution in [0.3, 0.4) is 0 Å². The van der Waals surface area contributed by atoms with Crippen molar-refractivity contribution in [2.45, 2.75) is 39.0 Å². The molecule has 2 N–H and O–H groups in total. The molecule has 128 valence electrons. The van der Waals surface area contributed by atoms with Crippen molar-refractivity contribution in [3.8, 4) is 6.07 Å². The SMILES string of the molecule is CCOC(CC(C#N)C(=O)O)=C1C=C(NCCCOC)CCC1. The number of nitrogens with one attached hydrogen (secondary N) is 1. The molecule has 6 nitrogen and oxygen atoms in total. The van der Waals surface area contributed by atoms with Crippen molar-refractivity contribution in [1.82, 2.24) is 5.32 Å². The number of hydrogen-bond acceptors (Lipinski definition) is 5. The van der Waals surface area contributed by atoms with Crippen LogP contribution in [-0.4, -0.2) is 37.9 Å². The van der Waals surface area contributed by atoms with E-state index in [1.807, 2.05) is 19.1 Å². The molecule has 0 fully saturated rings. The van der Waals surface area contributed by atoms with E-state index in [1.165, 1.54) is 0 Å². The molecule has 1 aliphatic rings.